The molecule has 0 unspecified atom stereocenters. The maximum absolute atomic E-state index is 12.8. The van der Waals surface area contributed by atoms with Gasteiger partial charge in [-0.05, 0) is 41.5 Å². The van der Waals surface area contributed by atoms with Gasteiger partial charge in [-0.15, -0.1) is 5.26 Å². The second kappa shape index (κ2) is 6.47. The Morgan fingerprint density at radius 2 is 1.75 bits per heavy atom. The van der Waals surface area contributed by atoms with Crippen molar-refractivity contribution >= 4 is 11.9 Å². The first-order valence-electron chi connectivity index (χ1n) is 7.32. The normalized spacial score (nSPS) is 12.0. The Balaban J connectivity index is 1.91. The molecule has 24 heavy (non-hydrogen) atoms. The third kappa shape index (κ3) is 2.95. The number of carbonyl (C=O) groups is 1. The van der Waals surface area contributed by atoms with Gasteiger partial charge in [0.15, 0.2) is 5.78 Å². The first-order chi connectivity index (χ1) is 11.6. The number of ketones is 1. The molecule has 1 aliphatic carbocycles. The second-order valence-electron chi connectivity index (χ2n) is 5.33. The summed E-state index contributed by atoms with van der Waals surface area (Å²) in [5.74, 6) is 1.52. The molecule has 0 radical (unpaired) electrons. The molecule has 5 heteroatoms. The van der Waals surface area contributed by atoms with Gasteiger partial charge in [-0.2, -0.15) is 0 Å². The number of allylic oxidation sites excluding steroid dienone is 1. The quantitative estimate of drug-likeness (QED) is 0.624. The van der Waals surface area contributed by atoms with E-state index in [2.05, 4.69) is 0 Å². The van der Waals surface area contributed by atoms with Gasteiger partial charge in [-0.25, -0.2) is 0 Å². The van der Waals surface area contributed by atoms with E-state index in [4.69, 9.17) is 19.5 Å². The predicted molar refractivity (Wildman–Crippen MR) is 88.2 cm³/mol. The van der Waals surface area contributed by atoms with E-state index in [1.165, 1.54) is 0 Å². The molecule has 2 aromatic carbocycles. The highest BCUT2D eigenvalue weighted by Gasteiger charge is 2.21. The Bertz CT molecular complexity index is 855. The van der Waals surface area contributed by atoms with Crippen LogP contribution in [0.5, 0.6) is 17.2 Å². The SMILES string of the molecule is COc1cc(OC)cc(C(=O)C2=Cc3cc(OC#N)ccc3C2)c1. The van der Waals surface area contributed by atoms with Gasteiger partial charge in [0.05, 0.1) is 14.2 Å². The summed E-state index contributed by atoms with van der Waals surface area (Å²) in [7, 11) is 3.09. The van der Waals surface area contributed by atoms with Crippen LogP contribution in [0.25, 0.3) is 6.08 Å². The number of methoxy groups -OCH3 is 2. The number of nitriles is 1. The van der Waals surface area contributed by atoms with Crippen LogP contribution in [0.3, 0.4) is 0 Å². The monoisotopic (exact) mass is 321 g/mol. The first kappa shape index (κ1) is 15.6. The van der Waals surface area contributed by atoms with Crippen molar-refractivity contribution in [1.29, 1.82) is 5.26 Å². The highest BCUT2D eigenvalue weighted by molar-refractivity contribution is 6.13. The molecule has 0 bridgehead atoms. The number of fused-ring (bicyclic) bond motifs is 1. The van der Waals surface area contributed by atoms with Gasteiger partial charge >= 0.3 is 0 Å². The number of carbonyl (C=O) groups excluding carboxylic acids is 1. The summed E-state index contributed by atoms with van der Waals surface area (Å²) in [5, 5.41) is 8.59. The summed E-state index contributed by atoms with van der Waals surface area (Å²) < 4.78 is 15.3. The van der Waals surface area contributed by atoms with Gasteiger partial charge in [0.2, 0.25) is 0 Å². The standard InChI is InChI=1S/C19H15NO4/c1-22-17-8-15(9-18(10-17)23-2)19(21)14-5-12-3-4-16(24-11-20)7-13(12)6-14/h3-4,6-10H,5H2,1-2H3. The van der Waals surface area contributed by atoms with Gasteiger partial charge in [0, 0.05) is 23.6 Å². The molecule has 0 heterocycles. The second-order valence-corrected chi connectivity index (χ2v) is 5.33. The molecule has 0 amide bonds. The molecular formula is C19H15NO4. The number of rotatable bonds is 5. The number of hydrogen-bond donors (Lipinski definition) is 0. The number of benzene rings is 2. The molecule has 2 aromatic rings. The van der Waals surface area contributed by atoms with Crippen LogP contribution in [0, 0.1) is 11.5 Å². The molecule has 0 saturated carbocycles. The van der Waals surface area contributed by atoms with Crippen LogP contribution in [-0.4, -0.2) is 20.0 Å². The Hall–Kier alpha value is -3.26. The van der Waals surface area contributed by atoms with E-state index in [1.807, 2.05) is 12.1 Å². The van der Waals surface area contributed by atoms with Gasteiger partial charge in [-0.1, -0.05) is 6.07 Å². The maximum Gasteiger partial charge on any atom is 0.292 e. The van der Waals surface area contributed by atoms with Crippen molar-refractivity contribution in [3.05, 3.63) is 58.7 Å². The van der Waals surface area contributed by atoms with Gasteiger partial charge in [0.1, 0.15) is 17.2 Å². The first-order valence-corrected chi connectivity index (χ1v) is 7.32. The molecule has 0 aliphatic heterocycles. The average Bonchev–Trinajstić information content (AvgIpc) is 3.04. The molecule has 3 rings (SSSR count). The number of nitrogens with zero attached hydrogens (tertiary/aromatic N) is 1. The van der Waals surface area contributed by atoms with E-state index in [0.29, 0.717) is 34.8 Å². The van der Waals surface area contributed by atoms with E-state index < -0.39 is 0 Å². The lowest BCUT2D eigenvalue weighted by atomic mass is 10.0. The van der Waals surface area contributed by atoms with E-state index in [1.54, 1.807) is 50.8 Å². The van der Waals surface area contributed by atoms with Crippen molar-refractivity contribution in [2.75, 3.05) is 14.2 Å². The van der Waals surface area contributed by atoms with E-state index >= 15 is 0 Å². The van der Waals surface area contributed by atoms with Crippen molar-refractivity contribution < 1.29 is 19.0 Å². The minimum absolute atomic E-state index is 0.0776. The van der Waals surface area contributed by atoms with Crippen molar-refractivity contribution in [1.82, 2.24) is 0 Å². The van der Waals surface area contributed by atoms with Crippen LogP contribution >= 0.6 is 0 Å². The number of ether oxygens (including phenoxy) is 3. The van der Waals surface area contributed by atoms with E-state index in [-0.39, 0.29) is 5.78 Å². The van der Waals surface area contributed by atoms with E-state index in [9.17, 15) is 4.79 Å². The summed E-state index contributed by atoms with van der Waals surface area (Å²) in [6.45, 7) is 0. The molecule has 0 saturated heterocycles. The fourth-order valence-electron chi connectivity index (χ4n) is 2.70. The minimum atomic E-state index is -0.0776. The van der Waals surface area contributed by atoms with Crippen LogP contribution in [0.2, 0.25) is 0 Å². The lowest BCUT2D eigenvalue weighted by Gasteiger charge is -2.08. The fourth-order valence-corrected chi connectivity index (χ4v) is 2.70. The van der Waals surface area contributed by atoms with Crippen molar-refractivity contribution in [3.63, 3.8) is 0 Å². The lowest BCUT2D eigenvalue weighted by molar-refractivity contribution is 0.103. The molecule has 0 fully saturated rings. The summed E-state index contributed by atoms with van der Waals surface area (Å²) in [4.78, 5) is 12.8. The zero-order valence-corrected chi connectivity index (χ0v) is 13.3. The summed E-state index contributed by atoms with van der Waals surface area (Å²) >= 11 is 0. The van der Waals surface area contributed by atoms with Gasteiger partial charge < -0.3 is 14.2 Å². The smallest absolute Gasteiger partial charge is 0.292 e. The maximum atomic E-state index is 12.8. The van der Waals surface area contributed by atoms with E-state index in [0.717, 1.165) is 11.1 Å². The molecule has 0 N–H and O–H groups in total. The Morgan fingerprint density at radius 1 is 1.04 bits per heavy atom. The molecular weight excluding hydrogens is 306 g/mol. The summed E-state index contributed by atoms with van der Waals surface area (Å²) in [6.07, 6.45) is 4.01. The third-order valence-electron chi connectivity index (χ3n) is 3.90. The van der Waals surface area contributed by atoms with Crippen LogP contribution in [-0.2, 0) is 6.42 Å². The Kier molecular flexibility index (Phi) is 4.21. The summed E-state index contributed by atoms with van der Waals surface area (Å²) in [5.41, 5.74) is 3.10. The topological polar surface area (TPSA) is 68.6 Å². The Labute approximate surface area is 139 Å². The molecule has 0 atom stereocenters. The number of Topliss-reactive ketones (excluding diaryl/α,β-unsaturated/α-hetero) is 1. The molecule has 120 valence electrons. The lowest BCUT2D eigenvalue weighted by Crippen LogP contribution is -2.04. The molecule has 1 aliphatic rings. The zero-order chi connectivity index (χ0) is 17.1. The molecule has 0 spiro atoms. The highest BCUT2D eigenvalue weighted by Crippen LogP contribution is 2.32. The highest BCUT2D eigenvalue weighted by atomic mass is 16.5. The summed E-state index contributed by atoms with van der Waals surface area (Å²) in [6, 6.07) is 10.5. The van der Waals surface area contributed by atoms with Crippen molar-refractivity contribution in [2.45, 2.75) is 6.42 Å². The third-order valence-corrected chi connectivity index (χ3v) is 3.90. The van der Waals surface area contributed by atoms with Crippen LogP contribution < -0.4 is 14.2 Å². The molecule has 0 aromatic heterocycles. The van der Waals surface area contributed by atoms with Gasteiger partial charge in [-0.3, -0.25) is 4.79 Å². The predicted octanol–water partition coefficient (Wildman–Crippen LogP) is 3.39. The van der Waals surface area contributed by atoms with Crippen LogP contribution in [0.15, 0.2) is 42.0 Å². The largest absolute Gasteiger partial charge is 0.497 e. The number of hydrogen-bond acceptors (Lipinski definition) is 5. The average molecular weight is 321 g/mol. The molecule has 5 nitrogen and oxygen atoms in total. The van der Waals surface area contributed by atoms with Crippen molar-refractivity contribution in [2.24, 2.45) is 0 Å². The Morgan fingerprint density at radius 3 is 2.38 bits per heavy atom. The van der Waals surface area contributed by atoms with Crippen LogP contribution in [0.4, 0.5) is 0 Å². The fraction of sp³-hybridized carbons (Fsp3) is 0.158. The van der Waals surface area contributed by atoms with Crippen LogP contribution in [0.1, 0.15) is 21.5 Å². The minimum Gasteiger partial charge on any atom is -0.497 e. The van der Waals surface area contributed by atoms with Gasteiger partial charge in [0.25, 0.3) is 6.26 Å². The van der Waals surface area contributed by atoms with Crippen molar-refractivity contribution in [3.8, 4) is 23.5 Å². The zero-order valence-electron chi connectivity index (χ0n) is 13.3.